The zero-order valence-corrected chi connectivity index (χ0v) is 15.4. The monoisotopic (exact) mass is 355 g/mol. The summed E-state index contributed by atoms with van der Waals surface area (Å²) in [7, 11) is 3.30. The van der Waals surface area contributed by atoms with Gasteiger partial charge in [0.05, 0.1) is 19.4 Å². The molecule has 6 heteroatoms. The van der Waals surface area contributed by atoms with E-state index in [-0.39, 0.29) is 5.91 Å². The molecule has 0 N–H and O–H groups in total. The Balaban J connectivity index is 1.57. The van der Waals surface area contributed by atoms with Crippen LogP contribution in [-0.4, -0.2) is 41.4 Å². The van der Waals surface area contributed by atoms with Crippen molar-refractivity contribution in [3.63, 3.8) is 0 Å². The number of carbonyl (C=O) groups is 1. The van der Waals surface area contributed by atoms with Gasteiger partial charge in [0.1, 0.15) is 5.75 Å². The van der Waals surface area contributed by atoms with Crippen LogP contribution in [0.4, 0.5) is 0 Å². The van der Waals surface area contributed by atoms with E-state index >= 15 is 0 Å². The molecule has 138 valence electrons. The van der Waals surface area contributed by atoms with Gasteiger partial charge in [-0.1, -0.05) is 6.07 Å². The number of ether oxygens (including phenoxy) is 2. The second-order valence-electron chi connectivity index (χ2n) is 7.14. The third-order valence-corrected chi connectivity index (χ3v) is 5.23. The number of rotatable bonds is 6. The molecule has 0 unspecified atom stereocenters. The van der Waals surface area contributed by atoms with Crippen LogP contribution in [0.1, 0.15) is 40.2 Å². The van der Waals surface area contributed by atoms with E-state index in [1.807, 2.05) is 23.1 Å². The van der Waals surface area contributed by atoms with Crippen molar-refractivity contribution in [3.05, 3.63) is 46.8 Å². The molecule has 1 aromatic carbocycles. The number of fused-ring (bicyclic) bond motifs is 1. The van der Waals surface area contributed by atoms with Crippen molar-refractivity contribution in [2.24, 2.45) is 5.92 Å². The molecule has 0 atom stereocenters. The average Bonchev–Trinajstić information content (AvgIpc) is 3.43. The fourth-order valence-electron chi connectivity index (χ4n) is 3.62. The number of nitrogens with zero attached hydrogens (tertiary/aromatic N) is 3. The highest BCUT2D eigenvalue weighted by molar-refractivity contribution is 5.94. The lowest BCUT2D eigenvalue weighted by atomic mass is 10.0. The molecular formula is C20H25N3O3. The highest BCUT2D eigenvalue weighted by Gasteiger charge is 2.30. The van der Waals surface area contributed by atoms with Crippen molar-refractivity contribution in [1.82, 2.24) is 14.7 Å². The summed E-state index contributed by atoms with van der Waals surface area (Å²) in [6, 6.07) is 7.34. The van der Waals surface area contributed by atoms with E-state index in [2.05, 4.69) is 4.68 Å². The molecule has 2 heterocycles. The Morgan fingerprint density at radius 3 is 2.88 bits per heavy atom. The van der Waals surface area contributed by atoms with Crippen LogP contribution in [0.3, 0.4) is 0 Å². The molecule has 26 heavy (non-hydrogen) atoms. The number of amides is 1. The molecule has 2 aromatic rings. The second kappa shape index (κ2) is 7.11. The summed E-state index contributed by atoms with van der Waals surface area (Å²) in [6.45, 7) is 2.79. The summed E-state index contributed by atoms with van der Waals surface area (Å²) in [4.78, 5) is 14.9. The van der Waals surface area contributed by atoms with Crippen molar-refractivity contribution >= 4 is 5.91 Å². The van der Waals surface area contributed by atoms with Crippen LogP contribution < -0.4 is 4.74 Å². The quantitative estimate of drug-likeness (QED) is 0.799. The zero-order valence-electron chi connectivity index (χ0n) is 15.4. The molecule has 0 saturated heterocycles. The summed E-state index contributed by atoms with van der Waals surface area (Å²) in [5, 5.41) is 4.79. The van der Waals surface area contributed by atoms with Crippen LogP contribution in [0, 0.1) is 5.92 Å². The molecule has 2 aliphatic rings. The first kappa shape index (κ1) is 17.1. The van der Waals surface area contributed by atoms with E-state index in [1.165, 1.54) is 18.5 Å². The van der Waals surface area contributed by atoms with Crippen LogP contribution in [0.2, 0.25) is 0 Å². The normalized spacial score (nSPS) is 16.5. The predicted molar refractivity (Wildman–Crippen MR) is 97.1 cm³/mol. The maximum Gasteiger partial charge on any atom is 0.254 e. The number of hydrogen-bond acceptors (Lipinski definition) is 4. The van der Waals surface area contributed by atoms with Gasteiger partial charge in [-0.25, -0.2) is 0 Å². The number of benzene rings is 1. The van der Waals surface area contributed by atoms with Gasteiger partial charge in [-0.15, -0.1) is 0 Å². The van der Waals surface area contributed by atoms with Crippen molar-refractivity contribution in [1.29, 1.82) is 0 Å². The van der Waals surface area contributed by atoms with Gasteiger partial charge in [-0.3, -0.25) is 9.48 Å². The molecule has 1 saturated carbocycles. The third kappa shape index (κ3) is 3.33. The van der Waals surface area contributed by atoms with Crippen LogP contribution in [0.5, 0.6) is 5.75 Å². The summed E-state index contributed by atoms with van der Waals surface area (Å²) < 4.78 is 12.7. The van der Waals surface area contributed by atoms with Gasteiger partial charge in [-0.05, 0) is 37.0 Å². The van der Waals surface area contributed by atoms with Gasteiger partial charge in [0.15, 0.2) is 0 Å². The minimum atomic E-state index is 0.0351. The molecular weight excluding hydrogens is 330 g/mol. The van der Waals surface area contributed by atoms with Gasteiger partial charge in [0.25, 0.3) is 5.91 Å². The minimum Gasteiger partial charge on any atom is -0.497 e. The van der Waals surface area contributed by atoms with Crippen LogP contribution in [0.25, 0.3) is 0 Å². The average molecular weight is 355 g/mol. The van der Waals surface area contributed by atoms with E-state index in [9.17, 15) is 4.79 Å². The smallest absolute Gasteiger partial charge is 0.254 e. The summed E-state index contributed by atoms with van der Waals surface area (Å²) >= 11 is 0. The molecule has 6 nitrogen and oxygen atoms in total. The van der Waals surface area contributed by atoms with Crippen molar-refractivity contribution < 1.29 is 14.3 Å². The van der Waals surface area contributed by atoms with Crippen LogP contribution in [0.15, 0.2) is 24.3 Å². The fraction of sp³-hybridized carbons (Fsp3) is 0.500. The molecule has 0 bridgehead atoms. The highest BCUT2D eigenvalue weighted by Crippen LogP contribution is 2.33. The molecule has 1 aliphatic heterocycles. The molecule has 4 rings (SSSR count). The molecule has 1 aliphatic carbocycles. The third-order valence-electron chi connectivity index (χ3n) is 5.23. The van der Waals surface area contributed by atoms with E-state index in [1.54, 1.807) is 20.3 Å². The number of carbonyl (C=O) groups excluding carboxylic acids is 1. The van der Waals surface area contributed by atoms with Gasteiger partial charge in [0, 0.05) is 50.0 Å². The summed E-state index contributed by atoms with van der Waals surface area (Å²) in [6.07, 6.45) is 3.44. The fourth-order valence-corrected chi connectivity index (χ4v) is 3.62. The maximum absolute atomic E-state index is 13.0. The largest absolute Gasteiger partial charge is 0.497 e. The SMILES string of the molecule is COCc1nn(CC2CC2)c2c1CN(C(=O)c1cccc(OC)c1)CC2. The first-order valence-electron chi connectivity index (χ1n) is 9.19. The van der Waals surface area contributed by atoms with Crippen LogP contribution >= 0.6 is 0 Å². The van der Waals surface area contributed by atoms with E-state index < -0.39 is 0 Å². The Labute approximate surface area is 153 Å². The van der Waals surface area contributed by atoms with Gasteiger partial charge < -0.3 is 14.4 Å². The molecule has 1 fully saturated rings. The van der Waals surface area contributed by atoms with Crippen molar-refractivity contribution in [3.8, 4) is 5.75 Å². The Bertz CT molecular complexity index is 811. The first-order chi connectivity index (χ1) is 12.7. The summed E-state index contributed by atoms with van der Waals surface area (Å²) in [5.41, 5.74) is 4.06. The number of aromatic nitrogens is 2. The van der Waals surface area contributed by atoms with Crippen molar-refractivity contribution in [2.45, 2.75) is 39.0 Å². The molecule has 1 amide bonds. The van der Waals surface area contributed by atoms with Crippen molar-refractivity contribution in [2.75, 3.05) is 20.8 Å². The standard InChI is InChI=1S/C20H25N3O3/c1-25-13-18-17-12-22(20(24)15-4-3-5-16(10-15)26-2)9-8-19(17)23(21-18)11-14-6-7-14/h3-5,10,14H,6-9,11-13H2,1-2H3. The lowest BCUT2D eigenvalue weighted by Gasteiger charge is -2.28. The minimum absolute atomic E-state index is 0.0351. The maximum atomic E-state index is 13.0. The Kier molecular flexibility index (Phi) is 4.68. The lowest BCUT2D eigenvalue weighted by molar-refractivity contribution is 0.0731. The highest BCUT2D eigenvalue weighted by atomic mass is 16.5. The molecule has 0 spiro atoms. The van der Waals surface area contributed by atoms with Crippen LogP contribution in [-0.2, 0) is 30.9 Å². The lowest BCUT2D eigenvalue weighted by Crippen LogP contribution is -2.36. The van der Waals surface area contributed by atoms with Gasteiger partial charge in [0.2, 0.25) is 0 Å². The van der Waals surface area contributed by atoms with E-state index in [0.29, 0.717) is 31.0 Å². The Hall–Kier alpha value is -2.34. The van der Waals surface area contributed by atoms with Gasteiger partial charge >= 0.3 is 0 Å². The predicted octanol–water partition coefficient (Wildman–Crippen LogP) is 2.65. The zero-order chi connectivity index (χ0) is 18.1. The number of methoxy groups -OCH3 is 2. The van der Waals surface area contributed by atoms with E-state index in [4.69, 9.17) is 14.6 Å². The van der Waals surface area contributed by atoms with Gasteiger partial charge in [-0.2, -0.15) is 5.10 Å². The first-order valence-corrected chi connectivity index (χ1v) is 9.19. The Morgan fingerprint density at radius 1 is 1.31 bits per heavy atom. The Morgan fingerprint density at radius 2 is 2.15 bits per heavy atom. The topological polar surface area (TPSA) is 56.6 Å². The van der Waals surface area contributed by atoms with E-state index in [0.717, 1.165) is 30.1 Å². The summed E-state index contributed by atoms with van der Waals surface area (Å²) in [5.74, 6) is 1.50. The number of hydrogen-bond donors (Lipinski definition) is 0. The molecule has 0 radical (unpaired) electrons. The molecule has 1 aromatic heterocycles. The second-order valence-corrected chi connectivity index (χ2v) is 7.14.